The lowest BCUT2D eigenvalue weighted by atomic mass is 10.2. The Morgan fingerprint density at radius 2 is 1.71 bits per heavy atom. The van der Waals surface area contributed by atoms with E-state index in [9.17, 15) is 4.79 Å². The van der Waals surface area contributed by atoms with Gasteiger partial charge in [-0.15, -0.1) is 11.3 Å². The lowest BCUT2D eigenvalue weighted by molar-refractivity contribution is -0.108. The van der Waals surface area contributed by atoms with Gasteiger partial charge in [0.2, 0.25) is 0 Å². The second-order valence-electron chi connectivity index (χ2n) is 7.55. The Balaban J connectivity index is 1.26. The molecule has 2 heterocycles. The largest absolute Gasteiger partial charge is 0.493 e. The highest BCUT2D eigenvalue weighted by Gasteiger charge is 2.08. The van der Waals surface area contributed by atoms with E-state index in [1.807, 2.05) is 54.9 Å². The fraction of sp³-hybridized carbons (Fsp3) is 0.280. The van der Waals surface area contributed by atoms with Gasteiger partial charge in [0.15, 0.2) is 0 Å². The number of thiazole rings is 1. The third kappa shape index (κ3) is 4.80. The number of aldehydes is 1. The quantitative estimate of drug-likeness (QED) is 0.249. The topological polar surface area (TPSA) is 53.4 Å². The first kappa shape index (κ1) is 21.1. The van der Waals surface area contributed by atoms with Crippen molar-refractivity contribution in [2.45, 2.75) is 33.7 Å². The summed E-state index contributed by atoms with van der Waals surface area (Å²) in [6.45, 7) is 7.72. The molecule has 0 amide bonds. The fourth-order valence-electron chi connectivity index (χ4n) is 3.50. The van der Waals surface area contributed by atoms with E-state index in [1.165, 1.54) is 4.88 Å². The molecule has 2 aromatic carbocycles. The minimum Gasteiger partial charge on any atom is -0.493 e. The molecule has 0 spiro atoms. The maximum atomic E-state index is 10.8. The normalized spacial score (nSPS) is 11.1. The summed E-state index contributed by atoms with van der Waals surface area (Å²) in [5.41, 5.74) is 4.39. The number of nitrogens with zero attached hydrogens (tertiary/aromatic N) is 2. The van der Waals surface area contributed by atoms with Crippen LogP contribution in [0.4, 0.5) is 0 Å². The summed E-state index contributed by atoms with van der Waals surface area (Å²) in [5, 5.41) is 2.16. The first-order valence-electron chi connectivity index (χ1n) is 10.4. The van der Waals surface area contributed by atoms with Gasteiger partial charge in [-0.3, -0.25) is 0 Å². The number of fused-ring (bicyclic) bond motifs is 1. The van der Waals surface area contributed by atoms with Crippen molar-refractivity contribution in [2.75, 3.05) is 13.2 Å². The third-order valence-corrected chi connectivity index (χ3v) is 6.40. The molecule has 0 N–H and O–H groups in total. The van der Waals surface area contributed by atoms with Gasteiger partial charge in [0.25, 0.3) is 0 Å². The van der Waals surface area contributed by atoms with Gasteiger partial charge in [-0.1, -0.05) is 0 Å². The number of aromatic nitrogens is 2. The van der Waals surface area contributed by atoms with Gasteiger partial charge in [0.1, 0.15) is 22.8 Å². The third-order valence-electron chi connectivity index (χ3n) is 5.28. The second kappa shape index (κ2) is 9.35. The molecule has 0 bridgehead atoms. The molecule has 0 saturated carbocycles. The number of hydrogen-bond donors (Lipinski definition) is 0. The zero-order chi connectivity index (χ0) is 21.8. The Bertz CT molecular complexity index is 1170. The molecule has 0 fully saturated rings. The maximum absolute atomic E-state index is 10.8. The number of hydrogen-bond acceptors (Lipinski definition) is 5. The molecule has 0 saturated heterocycles. The molecule has 4 aromatic rings. The molecule has 4 rings (SSSR count). The van der Waals surface area contributed by atoms with Crippen molar-refractivity contribution >= 4 is 28.5 Å². The number of rotatable bonds is 9. The van der Waals surface area contributed by atoms with Gasteiger partial charge in [0, 0.05) is 34.0 Å². The lowest BCUT2D eigenvalue weighted by Gasteiger charge is -2.09. The summed E-state index contributed by atoms with van der Waals surface area (Å²) in [5.74, 6) is 1.68. The Labute approximate surface area is 186 Å². The molecule has 0 radical (unpaired) electrons. The molecule has 0 atom stereocenters. The highest BCUT2D eigenvalue weighted by molar-refractivity contribution is 7.15. The maximum Gasteiger partial charge on any atom is 0.139 e. The van der Waals surface area contributed by atoms with Crippen LogP contribution in [0.5, 0.6) is 11.5 Å². The number of carbonyl (C=O) groups excluding carboxylic acids is 1. The Morgan fingerprint density at radius 3 is 2.39 bits per heavy atom. The monoisotopic (exact) mass is 434 g/mol. The lowest BCUT2D eigenvalue weighted by Crippen LogP contribution is -2.05. The minimum absolute atomic E-state index is 0.367. The highest BCUT2D eigenvalue weighted by Crippen LogP contribution is 2.29. The minimum atomic E-state index is 0.367. The Hall–Kier alpha value is -3.12. The molecule has 31 heavy (non-hydrogen) atoms. The van der Waals surface area contributed by atoms with Crippen LogP contribution in [-0.4, -0.2) is 29.1 Å². The first-order chi connectivity index (χ1) is 15.0. The molecule has 6 heteroatoms. The van der Waals surface area contributed by atoms with Crippen LogP contribution in [0.2, 0.25) is 0 Å². The highest BCUT2D eigenvalue weighted by atomic mass is 32.1. The molecule has 0 aliphatic carbocycles. The molecular formula is C25H26N2O3S. The zero-order valence-corrected chi connectivity index (χ0v) is 18.9. The predicted molar refractivity (Wildman–Crippen MR) is 125 cm³/mol. The summed E-state index contributed by atoms with van der Waals surface area (Å²) in [4.78, 5) is 16.7. The van der Waals surface area contributed by atoms with Crippen LogP contribution in [0.3, 0.4) is 0 Å². The van der Waals surface area contributed by atoms with Gasteiger partial charge in [-0.2, -0.15) is 0 Å². The van der Waals surface area contributed by atoms with Gasteiger partial charge >= 0.3 is 0 Å². The van der Waals surface area contributed by atoms with E-state index in [2.05, 4.69) is 24.0 Å². The summed E-state index contributed by atoms with van der Waals surface area (Å²) in [6.07, 6.45) is 3.70. The van der Waals surface area contributed by atoms with E-state index in [-0.39, 0.29) is 0 Å². The molecule has 0 aliphatic rings. The first-order valence-corrected chi connectivity index (χ1v) is 11.2. The van der Waals surface area contributed by atoms with Gasteiger partial charge < -0.3 is 18.8 Å². The SMILES string of the molecule is Cc1nc(-c2ccc(OCCCOc3ccc4c(c3)c(C)cn4CC=O)cc2)sc1C. The molecule has 0 aliphatic heterocycles. The van der Waals surface area contributed by atoms with Crippen molar-refractivity contribution < 1.29 is 14.3 Å². The van der Waals surface area contributed by atoms with Crippen molar-refractivity contribution in [1.82, 2.24) is 9.55 Å². The van der Waals surface area contributed by atoms with Crippen molar-refractivity contribution in [2.24, 2.45) is 0 Å². The number of aryl methyl sites for hydroxylation is 3. The predicted octanol–water partition coefficient (Wildman–Crippen LogP) is 5.74. The fourth-order valence-corrected chi connectivity index (χ4v) is 4.42. The summed E-state index contributed by atoms with van der Waals surface area (Å²) < 4.78 is 13.7. The molecule has 0 unspecified atom stereocenters. The standard InChI is InChI=1S/C25H26N2O3S/c1-17-16-27(11-12-28)24-10-9-22(15-23(17)24)30-14-4-13-29-21-7-5-20(6-8-21)25-26-18(2)19(3)31-25/h5-10,12,15-16H,4,11,13-14H2,1-3H3. The smallest absolute Gasteiger partial charge is 0.139 e. The van der Waals surface area contributed by atoms with Gasteiger partial charge in [-0.25, -0.2) is 4.98 Å². The average Bonchev–Trinajstić information content (AvgIpc) is 3.27. The van der Waals surface area contributed by atoms with Gasteiger partial charge in [0.05, 0.1) is 25.5 Å². The van der Waals surface area contributed by atoms with E-state index in [4.69, 9.17) is 9.47 Å². The van der Waals surface area contributed by atoms with Crippen LogP contribution in [0.1, 0.15) is 22.6 Å². The zero-order valence-electron chi connectivity index (χ0n) is 18.1. The van der Waals surface area contributed by atoms with E-state index < -0.39 is 0 Å². The van der Waals surface area contributed by atoms with Crippen LogP contribution in [0.25, 0.3) is 21.5 Å². The van der Waals surface area contributed by atoms with Crippen molar-refractivity contribution in [3.8, 4) is 22.1 Å². The molecule has 160 valence electrons. The van der Waals surface area contributed by atoms with Crippen LogP contribution < -0.4 is 9.47 Å². The summed E-state index contributed by atoms with van der Waals surface area (Å²) >= 11 is 1.72. The van der Waals surface area contributed by atoms with Crippen LogP contribution in [-0.2, 0) is 11.3 Å². The van der Waals surface area contributed by atoms with Crippen molar-refractivity contribution in [3.63, 3.8) is 0 Å². The van der Waals surface area contributed by atoms with E-state index in [1.54, 1.807) is 11.3 Å². The summed E-state index contributed by atoms with van der Waals surface area (Å²) in [6, 6.07) is 14.1. The van der Waals surface area contributed by atoms with Crippen molar-refractivity contribution in [1.29, 1.82) is 0 Å². The second-order valence-corrected chi connectivity index (χ2v) is 8.75. The van der Waals surface area contributed by atoms with Crippen LogP contribution in [0.15, 0.2) is 48.7 Å². The van der Waals surface area contributed by atoms with Crippen molar-refractivity contribution in [3.05, 3.63) is 64.8 Å². The Kier molecular flexibility index (Phi) is 6.37. The number of carbonyl (C=O) groups is 1. The molecular weight excluding hydrogens is 408 g/mol. The molecule has 2 aromatic heterocycles. The van der Waals surface area contributed by atoms with E-state index >= 15 is 0 Å². The number of benzene rings is 2. The Morgan fingerprint density at radius 1 is 1.00 bits per heavy atom. The van der Waals surface area contributed by atoms with Gasteiger partial charge in [-0.05, 0) is 68.8 Å². The summed E-state index contributed by atoms with van der Waals surface area (Å²) in [7, 11) is 0. The number of ether oxygens (including phenoxy) is 2. The van der Waals surface area contributed by atoms with Crippen LogP contribution >= 0.6 is 11.3 Å². The van der Waals surface area contributed by atoms with Crippen LogP contribution in [0, 0.1) is 20.8 Å². The average molecular weight is 435 g/mol. The van der Waals surface area contributed by atoms with E-state index in [0.717, 1.165) is 56.9 Å². The van der Waals surface area contributed by atoms with E-state index in [0.29, 0.717) is 19.8 Å². The molecule has 5 nitrogen and oxygen atoms in total.